The van der Waals surface area contributed by atoms with E-state index in [1.165, 1.54) is 5.56 Å². The Labute approximate surface area is 109 Å². The summed E-state index contributed by atoms with van der Waals surface area (Å²) in [4.78, 5) is 11.0. The Morgan fingerprint density at radius 2 is 2.06 bits per heavy atom. The maximum atomic E-state index is 11.0. The summed E-state index contributed by atoms with van der Waals surface area (Å²) < 4.78 is 5.62. The molecule has 0 amide bonds. The molecule has 0 aliphatic carbocycles. The third-order valence-electron chi connectivity index (χ3n) is 3.10. The summed E-state index contributed by atoms with van der Waals surface area (Å²) >= 11 is 0. The van der Waals surface area contributed by atoms with E-state index in [1.54, 1.807) is 13.8 Å². The lowest BCUT2D eigenvalue weighted by Crippen LogP contribution is -2.25. The summed E-state index contributed by atoms with van der Waals surface area (Å²) in [7, 11) is 0. The molecular formula is C15H22O3. The van der Waals surface area contributed by atoms with Gasteiger partial charge in [-0.3, -0.25) is 4.79 Å². The second kappa shape index (κ2) is 5.89. The molecule has 18 heavy (non-hydrogen) atoms. The monoisotopic (exact) mass is 250 g/mol. The van der Waals surface area contributed by atoms with Crippen LogP contribution in [-0.2, 0) is 4.79 Å². The van der Waals surface area contributed by atoms with E-state index in [0.717, 1.165) is 5.75 Å². The topological polar surface area (TPSA) is 46.5 Å². The third kappa shape index (κ3) is 4.06. The van der Waals surface area contributed by atoms with Gasteiger partial charge in [0.2, 0.25) is 0 Å². The molecule has 0 saturated heterocycles. The van der Waals surface area contributed by atoms with Gasteiger partial charge in [0.05, 0.1) is 12.0 Å². The minimum atomic E-state index is -0.790. The molecule has 0 aliphatic heterocycles. The molecule has 1 aromatic rings. The lowest BCUT2D eigenvalue weighted by molar-refractivity contribution is -0.147. The van der Waals surface area contributed by atoms with Crippen molar-refractivity contribution in [2.45, 2.75) is 40.0 Å². The smallest absolute Gasteiger partial charge is 0.309 e. The number of carboxylic acid groups (broad SMARTS) is 1. The molecule has 1 aromatic carbocycles. The van der Waals surface area contributed by atoms with Gasteiger partial charge < -0.3 is 9.84 Å². The Bertz CT molecular complexity index is 408. The average molecular weight is 250 g/mol. The van der Waals surface area contributed by atoms with Gasteiger partial charge in [0.25, 0.3) is 0 Å². The van der Waals surface area contributed by atoms with Crippen LogP contribution in [0.15, 0.2) is 24.3 Å². The summed E-state index contributed by atoms with van der Waals surface area (Å²) in [6.45, 7) is 8.10. The Morgan fingerprint density at radius 3 is 2.61 bits per heavy atom. The molecular weight excluding hydrogens is 228 g/mol. The molecule has 1 N–H and O–H groups in total. The highest BCUT2D eigenvalue weighted by Gasteiger charge is 2.26. The van der Waals surface area contributed by atoms with Crippen LogP contribution < -0.4 is 4.74 Å². The van der Waals surface area contributed by atoms with E-state index in [0.29, 0.717) is 18.9 Å². The van der Waals surface area contributed by atoms with Crippen LogP contribution in [-0.4, -0.2) is 17.7 Å². The third-order valence-corrected chi connectivity index (χ3v) is 3.10. The maximum absolute atomic E-state index is 11.0. The van der Waals surface area contributed by atoms with Crippen molar-refractivity contribution in [3.8, 4) is 5.75 Å². The molecule has 0 heterocycles. The van der Waals surface area contributed by atoms with E-state index in [1.807, 2.05) is 18.2 Å². The van der Waals surface area contributed by atoms with Gasteiger partial charge in [-0.1, -0.05) is 26.0 Å². The quantitative estimate of drug-likeness (QED) is 0.837. The predicted molar refractivity (Wildman–Crippen MR) is 72.1 cm³/mol. The molecule has 0 bridgehead atoms. The van der Waals surface area contributed by atoms with Gasteiger partial charge >= 0.3 is 5.97 Å². The van der Waals surface area contributed by atoms with Crippen LogP contribution >= 0.6 is 0 Å². The van der Waals surface area contributed by atoms with Gasteiger partial charge in [-0.2, -0.15) is 0 Å². The first kappa shape index (κ1) is 14.6. The van der Waals surface area contributed by atoms with E-state index < -0.39 is 11.4 Å². The summed E-state index contributed by atoms with van der Waals surface area (Å²) in [6, 6.07) is 7.95. The van der Waals surface area contributed by atoms with E-state index in [-0.39, 0.29) is 0 Å². The summed E-state index contributed by atoms with van der Waals surface area (Å²) in [5.41, 5.74) is 0.486. The Hall–Kier alpha value is -1.51. The molecule has 0 unspecified atom stereocenters. The van der Waals surface area contributed by atoms with Crippen molar-refractivity contribution >= 4 is 5.97 Å². The number of carbonyl (C=O) groups is 1. The predicted octanol–water partition coefficient (Wildman–Crippen LogP) is 3.69. The number of hydrogen-bond donors (Lipinski definition) is 1. The van der Waals surface area contributed by atoms with Crippen LogP contribution in [0.1, 0.15) is 45.6 Å². The standard InChI is InChI=1S/C15H22O3/c1-11(2)12-6-5-7-13(10-12)18-9-8-15(3,4)14(16)17/h5-7,10-11H,8-9H2,1-4H3,(H,16,17). The van der Waals surface area contributed by atoms with Gasteiger partial charge in [0.1, 0.15) is 5.75 Å². The zero-order valence-corrected chi connectivity index (χ0v) is 11.6. The molecule has 3 nitrogen and oxygen atoms in total. The van der Waals surface area contributed by atoms with Crippen molar-refractivity contribution < 1.29 is 14.6 Å². The molecule has 0 aliphatic rings. The van der Waals surface area contributed by atoms with Gasteiger partial charge in [-0.05, 0) is 43.9 Å². The van der Waals surface area contributed by atoms with Crippen LogP contribution in [0.5, 0.6) is 5.75 Å². The summed E-state index contributed by atoms with van der Waals surface area (Å²) in [6.07, 6.45) is 0.494. The van der Waals surface area contributed by atoms with Crippen molar-refractivity contribution in [2.75, 3.05) is 6.61 Å². The first-order valence-electron chi connectivity index (χ1n) is 6.29. The van der Waals surface area contributed by atoms with Crippen molar-refractivity contribution in [1.82, 2.24) is 0 Å². The number of hydrogen-bond acceptors (Lipinski definition) is 2. The number of rotatable bonds is 6. The van der Waals surface area contributed by atoms with Gasteiger partial charge in [0.15, 0.2) is 0 Å². The molecule has 0 atom stereocenters. The van der Waals surface area contributed by atoms with E-state index >= 15 is 0 Å². The van der Waals surface area contributed by atoms with E-state index in [9.17, 15) is 4.79 Å². The molecule has 100 valence electrons. The normalized spacial score (nSPS) is 11.6. The second-order valence-electron chi connectivity index (χ2n) is 5.51. The Kier molecular flexibility index (Phi) is 4.76. The average Bonchev–Trinajstić information content (AvgIpc) is 2.29. The first-order chi connectivity index (χ1) is 8.33. The Morgan fingerprint density at radius 1 is 1.39 bits per heavy atom. The van der Waals surface area contributed by atoms with Crippen molar-refractivity contribution in [3.63, 3.8) is 0 Å². The number of ether oxygens (including phenoxy) is 1. The van der Waals surface area contributed by atoms with Crippen molar-refractivity contribution in [3.05, 3.63) is 29.8 Å². The van der Waals surface area contributed by atoms with Crippen LogP contribution in [0.3, 0.4) is 0 Å². The van der Waals surface area contributed by atoms with Gasteiger partial charge in [-0.15, -0.1) is 0 Å². The fourth-order valence-electron chi connectivity index (χ4n) is 1.49. The molecule has 0 aromatic heterocycles. The summed E-state index contributed by atoms with van der Waals surface area (Å²) in [5.74, 6) is 0.480. The SMILES string of the molecule is CC(C)c1cccc(OCCC(C)(C)C(=O)O)c1. The van der Waals surface area contributed by atoms with Crippen molar-refractivity contribution in [2.24, 2.45) is 5.41 Å². The second-order valence-corrected chi connectivity index (χ2v) is 5.51. The summed E-state index contributed by atoms with van der Waals surface area (Å²) in [5, 5.41) is 9.00. The molecule has 0 saturated carbocycles. The van der Waals surface area contributed by atoms with Crippen LogP contribution in [0.4, 0.5) is 0 Å². The van der Waals surface area contributed by atoms with Crippen LogP contribution in [0.2, 0.25) is 0 Å². The van der Waals surface area contributed by atoms with Crippen LogP contribution in [0, 0.1) is 5.41 Å². The van der Waals surface area contributed by atoms with Crippen LogP contribution in [0.25, 0.3) is 0 Å². The number of benzene rings is 1. The van der Waals surface area contributed by atoms with Gasteiger partial charge in [0, 0.05) is 0 Å². The minimum absolute atomic E-state index is 0.418. The lowest BCUT2D eigenvalue weighted by atomic mass is 9.90. The van der Waals surface area contributed by atoms with E-state index in [4.69, 9.17) is 9.84 Å². The molecule has 0 spiro atoms. The highest BCUT2D eigenvalue weighted by molar-refractivity contribution is 5.73. The highest BCUT2D eigenvalue weighted by Crippen LogP contribution is 2.23. The fourth-order valence-corrected chi connectivity index (χ4v) is 1.49. The zero-order valence-electron chi connectivity index (χ0n) is 11.6. The minimum Gasteiger partial charge on any atom is -0.494 e. The molecule has 0 radical (unpaired) electrons. The Balaban J connectivity index is 2.54. The molecule has 1 rings (SSSR count). The molecule has 3 heteroatoms. The van der Waals surface area contributed by atoms with E-state index in [2.05, 4.69) is 19.9 Å². The first-order valence-corrected chi connectivity index (χ1v) is 6.29. The number of carboxylic acids is 1. The van der Waals surface area contributed by atoms with Crippen molar-refractivity contribution in [1.29, 1.82) is 0 Å². The maximum Gasteiger partial charge on any atom is 0.309 e. The fraction of sp³-hybridized carbons (Fsp3) is 0.533. The molecule has 0 fully saturated rings. The zero-order chi connectivity index (χ0) is 13.8. The van der Waals surface area contributed by atoms with Gasteiger partial charge in [-0.25, -0.2) is 0 Å². The largest absolute Gasteiger partial charge is 0.494 e. The highest BCUT2D eigenvalue weighted by atomic mass is 16.5. The lowest BCUT2D eigenvalue weighted by Gasteiger charge is -2.19. The number of aliphatic carboxylic acids is 1.